The first kappa shape index (κ1) is 14.2. The second kappa shape index (κ2) is 6.00. The third kappa shape index (κ3) is 2.77. The van der Waals surface area contributed by atoms with Crippen LogP contribution in [0.2, 0.25) is 0 Å². The number of H-pyrrole nitrogens is 1. The maximum Gasteiger partial charge on any atom is 0.222 e. The van der Waals surface area contributed by atoms with E-state index in [0.29, 0.717) is 23.0 Å². The molecule has 2 heterocycles. The molecule has 0 bridgehead atoms. The number of furan rings is 1. The first-order valence-electron chi connectivity index (χ1n) is 7.38. The van der Waals surface area contributed by atoms with Crippen LogP contribution in [0.3, 0.4) is 0 Å². The van der Waals surface area contributed by atoms with E-state index >= 15 is 0 Å². The van der Waals surface area contributed by atoms with Crippen LogP contribution in [0.5, 0.6) is 0 Å². The molecule has 4 rings (SSSR count). The highest BCUT2D eigenvalue weighted by Crippen LogP contribution is 2.24. The van der Waals surface area contributed by atoms with Crippen molar-refractivity contribution in [1.82, 2.24) is 9.97 Å². The van der Waals surface area contributed by atoms with Crippen molar-refractivity contribution >= 4 is 23.2 Å². The van der Waals surface area contributed by atoms with Gasteiger partial charge in [0.1, 0.15) is 17.3 Å². The Kier molecular flexibility index (Phi) is 3.55. The first-order valence-corrected chi connectivity index (χ1v) is 7.38. The van der Waals surface area contributed by atoms with Crippen molar-refractivity contribution in [2.75, 3.05) is 5.43 Å². The standard InChI is InChI=1S/C18H13FN4O/c19-14-6-2-1-5-13(14)17-10-9-12(24-17)11-20-23-18-21-15-7-3-4-8-16(15)22-18/h1-11H,(H2,21,22,23)/b20-11+. The van der Waals surface area contributed by atoms with Crippen molar-refractivity contribution in [3.8, 4) is 11.3 Å². The number of aromatic amines is 1. The largest absolute Gasteiger partial charge is 0.455 e. The summed E-state index contributed by atoms with van der Waals surface area (Å²) in [5.74, 6) is 1.18. The molecule has 0 unspecified atom stereocenters. The summed E-state index contributed by atoms with van der Waals surface area (Å²) in [6.45, 7) is 0. The maximum absolute atomic E-state index is 13.7. The fraction of sp³-hybridized carbons (Fsp3) is 0. The van der Waals surface area contributed by atoms with E-state index in [4.69, 9.17) is 4.42 Å². The van der Waals surface area contributed by atoms with Gasteiger partial charge in [-0.1, -0.05) is 24.3 Å². The number of para-hydroxylation sites is 2. The molecular formula is C18H13FN4O. The van der Waals surface area contributed by atoms with Gasteiger partial charge in [0.2, 0.25) is 5.95 Å². The van der Waals surface area contributed by atoms with Gasteiger partial charge in [0.05, 0.1) is 22.8 Å². The fourth-order valence-electron chi connectivity index (χ4n) is 2.39. The monoisotopic (exact) mass is 320 g/mol. The first-order chi connectivity index (χ1) is 11.8. The Morgan fingerprint density at radius 2 is 1.88 bits per heavy atom. The van der Waals surface area contributed by atoms with Gasteiger partial charge in [-0.3, -0.25) is 0 Å². The zero-order valence-corrected chi connectivity index (χ0v) is 12.5. The summed E-state index contributed by atoms with van der Waals surface area (Å²) in [5, 5.41) is 4.08. The van der Waals surface area contributed by atoms with E-state index in [1.165, 1.54) is 12.3 Å². The van der Waals surface area contributed by atoms with Crippen LogP contribution in [-0.2, 0) is 0 Å². The Morgan fingerprint density at radius 3 is 2.75 bits per heavy atom. The topological polar surface area (TPSA) is 66.2 Å². The third-order valence-corrected chi connectivity index (χ3v) is 3.52. The van der Waals surface area contributed by atoms with E-state index in [1.54, 1.807) is 30.3 Å². The number of fused-ring (bicyclic) bond motifs is 1. The summed E-state index contributed by atoms with van der Waals surface area (Å²) in [6, 6.07) is 17.6. The smallest absolute Gasteiger partial charge is 0.222 e. The Bertz CT molecular complexity index is 985. The molecule has 0 saturated carbocycles. The fourth-order valence-corrected chi connectivity index (χ4v) is 2.39. The SMILES string of the molecule is Fc1ccccc1-c1ccc(/C=N/Nc2nc3ccccc3[nH]2)o1. The lowest BCUT2D eigenvalue weighted by molar-refractivity contribution is 0.563. The molecule has 4 aromatic rings. The van der Waals surface area contributed by atoms with Crippen LogP contribution in [0.15, 0.2) is 70.2 Å². The molecule has 0 spiro atoms. The van der Waals surface area contributed by atoms with Gasteiger partial charge in [0.25, 0.3) is 0 Å². The number of nitrogens with one attached hydrogen (secondary N) is 2. The van der Waals surface area contributed by atoms with E-state index in [9.17, 15) is 4.39 Å². The molecule has 2 aromatic carbocycles. The summed E-state index contributed by atoms with van der Waals surface area (Å²) in [4.78, 5) is 7.45. The van der Waals surface area contributed by atoms with E-state index in [1.807, 2.05) is 24.3 Å². The van der Waals surface area contributed by atoms with Crippen molar-refractivity contribution in [1.29, 1.82) is 0 Å². The number of anilines is 1. The van der Waals surface area contributed by atoms with Crippen LogP contribution < -0.4 is 5.43 Å². The molecular weight excluding hydrogens is 307 g/mol. The predicted octanol–water partition coefficient (Wildman–Crippen LogP) is 4.41. The third-order valence-electron chi connectivity index (χ3n) is 3.52. The van der Waals surface area contributed by atoms with Gasteiger partial charge < -0.3 is 9.40 Å². The molecule has 0 fully saturated rings. The molecule has 0 saturated heterocycles. The minimum Gasteiger partial charge on any atom is -0.455 e. The van der Waals surface area contributed by atoms with Gasteiger partial charge in [-0.15, -0.1) is 0 Å². The van der Waals surface area contributed by atoms with Gasteiger partial charge in [-0.05, 0) is 36.4 Å². The lowest BCUT2D eigenvalue weighted by atomic mass is 10.1. The number of rotatable bonds is 4. The number of hydrazone groups is 1. The normalized spacial score (nSPS) is 11.4. The van der Waals surface area contributed by atoms with Crippen molar-refractivity contribution in [3.05, 3.63) is 72.2 Å². The highest BCUT2D eigenvalue weighted by Gasteiger charge is 2.08. The Morgan fingerprint density at radius 1 is 1.04 bits per heavy atom. The molecule has 0 radical (unpaired) electrons. The second-order valence-corrected chi connectivity index (χ2v) is 5.15. The second-order valence-electron chi connectivity index (χ2n) is 5.15. The van der Waals surface area contributed by atoms with Crippen LogP contribution >= 0.6 is 0 Å². The zero-order chi connectivity index (χ0) is 16.4. The van der Waals surface area contributed by atoms with E-state index < -0.39 is 0 Å². The van der Waals surface area contributed by atoms with Gasteiger partial charge in [-0.2, -0.15) is 5.10 Å². The van der Waals surface area contributed by atoms with Crippen LogP contribution in [0.25, 0.3) is 22.4 Å². The summed E-state index contributed by atoms with van der Waals surface area (Å²) in [5.41, 5.74) is 5.01. The number of halogens is 1. The van der Waals surface area contributed by atoms with Gasteiger partial charge in [0.15, 0.2) is 0 Å². The molecule has 0 aliphatic carbocycles. The van der Waals surface area contributed by atoms with Crippen molar-refractivity contribution in [2.45, 2.75) is 0 Å². The number of imidazole rings is 1. The molecule has 0 aliphatic rings. The highest BCUT2D eigenvalue weighted by atomic mass is 19.1. The molecule has 118 valence electrons. The van der Waals surface area contributed by atoms with Gasteiger partial charge in [0, 0.05) is 0 Å². The summed E-state index contributed by atoms with van der Waals surface area (Å²) >= 11 is 0. The predicted molar refractivity (Wildman–Crippen MR) is 91.4 cm³/mol. The molecule has 24 heavy (non-hydrogen) atoms. The molecule has 0 amide bonds. The average Bonchev–Trinajstić information content (AvgIpc) is 3.22. The van der Waals surface area contributed by atoms with Crippen LogP contribution in [0.4, 0.5) is 10.3 Å². The number of hydrogen-bond acceptors (Lipinski definition) is 4. The van der Waals surface area contributed by atoms with Gasteiger partial charge in [-0.25, -0.2) is 14.8 Å². The number of nitrogens with zero attached hydrogens (tertiary/aromatic N) is 2. The molecule has 0 aliphatic heterocycles. The van der Waals surface area contributed by atoms with Gasteiger partial charge >= 0.3 is 0 Å². The summed E-state index contributed by atoms with van der Waals surface area (Å²) in [7, 11) is 0. The quantitative estimate of drug-likeness (QED) is 0.432. The van der Waals surface area contributed by atoms with Crippen molar-refractivity contribution in [2.24, 2.45) is 5.10 Å². The van der Waals surface area contributed by atoms with E-state index in [0.717, 1.165) is 11.0 Å². The molecule has 2 aromatic heterocycles. The van der Waals surface area contributed by atoms with Crippen molar-refractivity contribution in [3.63, 3.8) is 0 Å². The Hall–Kier alpha value is -3.41. The van der Waals surface area contributed by atoms with E-state index in [2.05, 4.69) is 20.5 Å². The maximum atomic E-state index is 13.7. The number of benzene rings is 2. The number of aromatic nitrogens is 2. The molecule has 6 heteroatoms. The molecule has 5 nitrogen and oxygen atoms in total. The van der Waals surface area contributed by atoms with Crippen LogP contribution in [0, 0.1) is 5.82 Å². The summed E-state index contributed by atoms with van der Waals surface area (Å²) in [6.07, 6.45) is 1.51. The average molecular weight is 320 g/mol. The van der Waals surface area contributed by atoms with Crippen LogP contribution in [-0.4, -0.2) is 16.2 Å². The molecule has 0 atom stereocenters. The Labute approximate surface area is 136 Å². The lowest BCUT2D eigenvalue weighted by Crippen LogP contribution is -1.91. The number of hydrogen-bond donors (Lipinski definition) is 2. The molecule has 2 N–H and O–H groups in total. The van der Waals surface area contributed by atoms with E-state index in [-0.39, 0.29) is 5.82 Å². The minimum absolute atomic E-state index is 0.323. The zero-order valence-electron chi connectivity index (χ0n) is 12.5. The van der Waals surface area contributed by atoms with Crippen LogP contribution in [0.1, 0.15) is 5.76 Å². The highest BCUT2D eigenvalue weighted by molar-refractivity contribution is 5.79. The summed E-state index contributed by atoms with van der Waals surface area (Å²) < 4.78 is 19.3. The minimum atomic E-state index is -0.323. The van der Waals surface area contributed by atoms with Crippen molar-refractivity contribution < 1.29 is 8.81 Å². The Balaban J connectivity index is 1.49. The lowest BCUT2D eigenvalue weighted by Gasteiger charge is -1.97.